The number of benzene rings is 1. The van der Waals surface area contributed by atoms with Gasteiger partial charge in [0.05, 0.1) is 0 Å². The van der Waals surface area contributed by atoms with E-state index in [2.05, 4.69) is 42.1 Å². The summed E-state index contributed by atoms with van der Waals surface area (Å²) in [5.74, 6) is 0.546. The number of hydrogen-bond acceptors (Lipinski definition) is 2. The first-order chi connectivity index (χ1) is 8.77. The first kappa shape index (κ1) is 14.4. The van der Waals surface area contributed by atoms with E-state index in [9.17, 15) is 0 Å². The minimum atomic E-state index is 0. The van der Waals surface area contributed by atoms with E-state index in [1.54, 1.807) is 0 Å². The standard InChI is InChI=1S/C15H20N2O.ClH/c1-17-10-13(12-4-2-3-5-14(12)17)15(16)11-6-8-18-9-7-11;/h2-5,10-11,15H,6-9,16H2,1H3;1H/t15-;/m1./s1. The third-order valence-corrected chi connectivity index (χ3v) is 4.06. The number of aryl methyl sites for hydroxylation is 1. The average molecular weight is 281 g/mol. The monoisotopic (exact) mass is 280 g/mol. The molecule has 2 aromatic rings. The fraction of sp³-hybridized carbons (Fsp3) is 0.467. The molecule has 3 nitrogen and oxygen atoms in total. The average Bonchev–Trinajstić information content (AvgIpc) is 2.77. The summed E-state index contributed by atoms with van der Waals surface area (Å²) in [6, 6.07) is 8.61. The van der Waals surface area contributed by atoms with Crippen molar-refractivity contribution in [1.82, 2.24) is 4.57 Å². The molecule has 4 heteroatoms. The lowest BCUT2D eigenvalue weighted by atomic mass is 9.88. The van der Waals surface area contributed by atoms with Crippen molar-refractivity contribution in [1.29, 1.82) is 0 Å². The molecule has 19 heavy (non-hydrogen) atoms. The molecule has 1 fully saturated rings. The molecule has 0 unspecified atom stereocenters. The maximum absolute atomic E-state index is 6.48. The van der Waals surface area contributed by atoms with Crippen molar-refractivity contribution in [2.45, 2.75) is 18.9 Å². The van der Waals surface area contributed by atoms with E-state index in [0.717, 1.165) is 26.1 Å². The Labute approximate surface area is 120 Å². The van der Waals surface area contributed by atoms with Crippen LogP contribution in [-0.4, -0.2) is 17.8 Å². The van der Waals surface area contributed by atoms with Gasteiger partial charge in [0, 0.05) is 43.4 Å². The Hall–Kier alpha value is -1.03. The summed E-state index contributed by atoms with van der Waals surface area (Å²) in [5.41, 5.74) is 9.02. The van der Waals surface area contributed by atoms with Crippen LogP contribution in [0.3, 0.4) is 0 Å². The first-order valence-corrected chi connectivity index (χ1v) is 6.64. The van der Waals surface area contributed by atoms with Crippen molar-refractivity contribution in [2.24, 2.45) is 18.7 Å². The van der Waals surface area contributed by atoms with Gasteiger partial charge >= 0.3 is 0 Å². The summed E-state index contributed by atoms with van der Waals surface area (Å²) in [7, 11) is 2.09. The summed E-state index contributed by atoms with van der Waals surface area (Å²) < 4.78 is 7.59. The topological polar surface area (TPSA) is 40.2 Å². The molecule has 1 aliphatic rings. The second kappa shape index (κ2) is 5.95. The second-order valence-electron chi connectivity index (χ2n) is 5.19. The van der Waals surface area contributed by atoms with Crippen molar-refractivity contribution in [3.63, 3.8) is 0 Å². The largest absolute Gasteiger partial charge is 0.381 e. The summed E-state index contributed by atoms with van der Waals surface area (Å²) >= 11 is 0. The Bertz CT molecular complexity index is 546. The van der Waals surface area contributed by atoms with Crippen LogP contribution in [0, 0.1) is 5.92 Å². The molecule has 0 amide bonds. The second-order valence-corrected chi connectivity index (χ2v) is 5.19. The van der Waals surface area contributed by atoms with Crippen LogP contribution in [0.25, 0.3) is 10.9 Å². The Balaban J connectivity index is 0.00000133. The zero-order valence-corrected chi connectivity index (χ0v) is 12.0. The van der Waals surface area contributed by atoms with Gasteiger partial charge in [-0.05, 0) is 30.4 Å². The lowest BCUT2D eigenvalue weighted by Gasteiger charge is -2.27. The van der Waals surface area contributed by atoms with Crippen LogP contribution in [0.15, 0.2) is 30.5 Å². The Morgan fingerprint density at radius 3 is 2.68 bits per heavy atom. The van der Waals surface area contributed by atoms with Crippen LogP contribution in [0.2, 0.25) is 0 Å². The summed E-state index contributed by atoms with van der Waals surface area (Å²) in [6.45, 7) is 1.70. The summed E-state index contributed by atoms with van der Waals surface area (Å²) in [6.07, 6.45) is 4.33. The van der Waals surface area contributed by atoms with Crippen LogP contribution in [0.5, 0.6) is 0 Å². The van der Waals surface area contributed by atoms with Crippen molar-refractivity contribution in [2.75, 3.05) is 13.2 Å². The fourth-order valence-corrected chi connectivity index (χ4v) is 2.97. The number of aromatic nitrogens is 1. The molecule has 1 aliphatic heterocycles. The van der Waals surface area contributed by atoms with Crippen molar-refractivity contribution >= 4 is 23.3 Å². The SMILES string of the molecule is Cl.Cn1cc([C@H](N)C2CCOCC2)c2ccccc21. The number of rotatable bonds is 2. The third kappa shape index (κ3) is 2.64. The van der Waals surface area contributed by atoms with Gasteiger partial charge in [-0.3, -0.25) is 0 Å². The van der Waals surface area contributed by atoms with Gasteiger partial charge in [-0.1, -0.05) is 18.2 Å². The molecular weight excluding hydrogens is 260 g/mol. The van der Waals surface area contributed by atoms with E-state index < -0.39 is 0 Å². The van der Waals surface area contributed by atoms with Crippen molar-refractivity contribution in [3.05, 3.63) is 36.0 Å². The number of fused-ring (bicyclic) bond motifs is 1. The number of para-hydroxylation sites is 1. The molecule has 3 rings (SSSR count). The van der Waals surface area contributed by atoms with E-state index in [-0.39, 0.29) is 18.4 Å². The highest BCUT2D eigenvalue weighted by Crippen LogP contribution is 2.33. The van der Waals surface area contributed by atoms with Crippen LogP contribution in [-0.2, 0) is 11.8 Å². The minimum absolute atomic E-state index is 0. The Kier molecular flexibility index (Phi) is 4.50. The van der Waals surface area contributed by atoms with E-state index in [0.29, 0.717) is 5.92 Å². The number of ether oxygens (including phenoxy) is 1. The number of nitrogens with zero attached hydrogens (tertiary/aromatic N) is 1. The fourth-order valence-electron chi connectivity index (χ4n) is 2.97. The van der Waals surface area contributed by atoms with Gasteiger partial charge in [0.15, 0.2) is 0 Å². The van der Waals surface area contributed by atoms with E-state index in [4.69, 9.17) is 10.5 Å². The lowest BCUT2D eigenvalue weighted by molar-refractivity contribution is 0.0585. The van der Waals surface area contributed by atoms with Gasteiger partial charge in [-0.15, -0.1) is 12.4 Å². The minimum Gasteiger partial charge on any atom is -0.381 e. The van der Waals surface area contributed by atoms with Gasteiger partial charge in [0.25, 0.3) is 0 Å². The molecule has 0 spiro atoms. The van der Waals surface area contributed by atoms with Crippen LogP contribution in [0.1, 0.15) is 24.4 Å². The predicted octanol–water partition coefficient (Wildman–Crippen LogP) is 3.03. The molecule has 1 saturated heterocycles. The normalized spacial score (nSPS) is 18.2. The predicted molar refractivity (Wildman–Crippen MR) is 80.6 cm³/mol. The van der Waals surface area contributed by atoms with Gasteiger partial charge in [-0.2, -0.15) is 0 Å². The molecule has 0 bridgehead atoms. The van der Waals surface area contributed by atoms with Crippen LogP contribution in [0.4, 0.5) is 0 Å². The van der Waals surface area contributed by atoms with E-state index in [1.807, 2.05) is 0 Å². The van der Waals surface area contributed by atoms with Crippen LogP contribution < -0.4 is 5.73 Å². The maximum Gasteiger partial charge on any atom is 0.0481 e. The van der Waals surface area contributed by atoms with Crippen LogP contribution >= 0.6 is 12.4 Å². The molecule has 2 N–H and O–H groups in total. The number of hydrogen-bond donors (Lipinski definition) is 1. The molecule has 2 heterocycles. The smallest absolute Gasteiger partial charge is 0.0481 e. The van der Waals surface area contributed by atoms with Crippen molar-refractivity contribution in [3.8, 4) is 0 Å². The quantitative estimate of drug-likeness (QED) is 0.919. The molecule has 1 aromatic heterocycles. The molecule has 1 atom stereocenters. The number of halogens is 1. The Morgan fingerprint density at radius 2 is 1.95 bits per heavy atom. The molecule has 0 aliphatic carbocycles. The van der Waals surface area contributed by atoms with Gasteiger partial charge < -0.3 is 15.0 Å². The van der Waals surface area contributed by atoms with Crippen molar-refractivity contribution < 1.29 is 4.74 Å². The Morgan fingerprint density at radius 1 is 1.26 bits per heavy atom. The highest BCUT2D eigenvalue weighted by Gasteiger charge is 2.24. The first-order valence-electron chi connectivity index (χ1n) is 6.64. The zero-order valence-electron chi connectivity index (χ0n) is 11.2. The molecule has 1 aromatic carbocycles. The van der Waals surface area contributed by atoms with Gasteiger partial charge in [0.2, 0.25) is 0 Å². The maximum atomic E-state index is 6.48. The van der Waals surface area contributed by atoms with Gasteiger partial charge in [0.1, 0.15) is 0 Å². The molecular formula is C15H21ClN2O. The lowest BCUT2D eigenvalue weighted by Crippen LogP contribution is -2.27. The zero-order chi connectivity index (χ0) is 12.5. The molecule has 0 radical (unpaired) electrons. The highest BCUT2D eigenvalue weighted by atomic mass is 35.5. The van der Waals surface area contributed by atoms with Gasteiger partial charge in [-0.25, -0.2) is 0 Å². The molecule has 104 valence electrons. The van der Waals surface area contributed by atoms with E-state index >= 15 is 0 Å². The summed E-state index contributed by atoms with van der Waals surface area (Å²) in [5, 5.41) is 1.29. The number of nitrogens with two attached hydrogens (primary N) is 1. The summed E-state index contributed by atoms with van der Waals surface area (Å²) in [4.78, 5) is 0. The van der Waals surface area contributed by atoms with E-state index in [1.165, 1.54) is 16.5 Å². The highest BCUT2D eigenvalue weighted by molar-refractivity contribution is 5.85. The molecule has 0 saturated carbocycles. The third-order valence-electron chi connectivity index (χ3n) is 4.06.